The lowest BCUT2D eigenvalue weighted by atomic mass is 10.1. The predicted molar refractivity (Wildman–Crippen MR) is 96.4 cm³/mol. The Labute approximate surface area is 148 Å². The third-order valence-corrected chi connectivity index (χ3v) is 4.24. The zero-order valence-corrected chi connectivity index (χ0v) is 15.2. The highest BCUT2D eigenvalue weighted by Crippen LogP contribution is 2.24. The molecule has 25 heavy (non-hydrogen) atoms. The minimum absolute atomic E-state index is 0.222. The van der Waals surface area contributed by atoms with Crippen LogP contribution in [0.15, 0.2) is 30.7 Å². The van der Waals surface area contributed by atoms with Gasteiger partial charge < -0.3 is 19.9 Å². The quantitative estimate of drug-likeness (QED) is 0.890. The van der Waals surface area contributed by atoms with Gasteiger partial charge in [0.2, 0.25) is 0 Å². The number of aromatic nitrogens is 3. The molecule has 7 heteroatoms. The van der Waals surface area contributed by atoms with Gasteiger partial charge in [-0.1, -0.05) is 0 Å². The number of amides is 1. The molecule has 136 valence electrons. The van der Waals surface area contributed by atoms with Gasteiger partial charge in [0.05, 0.1) is 24.5 Å². The second-order valence-corrected chi connectivity index (χ2v) is 7.46. The SMILES string of the molecule is CC(C)(C)OC(=O)N1CCC(n2cc(NCc3ccc[nH]3)cn2)CC1. The molecule has 1 amide bonds. The van der Waals surface area contributed by atoms with Crippen molar-refractivity contribution in [1.29, 1.82) is 0 Å². The highest BCUT2D eigenvalue weighted by molar-refractivity contribution is 5.68. The van der Waals surface area contributed by atoms with Crippen LogP contribution in [-0.2, 0) is 11.3 Å². The number of anilines is 1. The molecule has 0 radical (unpaired) electrons. The summed E-state index contributed by atoms with van der Waals surface area (Å²) >= 11 is 0. The fourth-order valence-corrected chi connectivity index (χ4v) is 2.94. The van der Waals surface area contributed by atoms with E-state index in [-0.39, 0.29) is 6.09 Å². The smallest absolute Gasteiger partial charge is 0.410 e. The summed E-state index contributed by atoms with van der Waals surface area (Å²) < 4.78 is 7.44. The maximum absolute atomic E-state index is 12.1. The fourth-order valence-electron chi connectivity index (χ4n) is 2.94. The van der Waals surface area contributed by atoms with Crippen LogP contribution in [0, 0.1) is 0 Å². The van der Waals surface area contributed by atoms with Gasteiger partial charge in [-0.05, 0) is 45.7 Å². The van der Waals surface area contributed by atoms with Crippen molar-refractivity contribution >= 4 is 11.8 Å². The van der Waals surface area contributed by atoms with Crippen molar-refractivity contribution < 1.29 is 9.53 Å². The predicted octanol–water partition coefficient (Wildman–Crippen LogP) is 3.40. The number of nitrogens with zero attached hydrogens (tertiary/aromatic N) is 3. The molecule has 0 aromatic carbocycles. The van der Waals surface area contributed by atoms with Crippen LogP contribution in [0.3, 0.4) is 0 Å². The van der Waals surface area contributed by atoms with Gasteiger partial charge in [-0.3, -0.25) is 4.68 Å². The molecule has 2 aromatic heterocycles. The summed E-state index contributed by atoms with van der Waals surface area (Å²) in [5, 5.41) is 7.84. The number of ether oxygens (including phenoxy) is 1. The van der Waals surface area contributed by atoms with Crippen LogP contribution in [-0.4, -0.2) is 44.4 Å². The van der Waals surface area contributed by atoms with Crippen LogP contribution in [0.4, 0.5) is 10.5 Å². The molecule has 2 aromatic rings. The molecule has 0 saturated carbocycles. The number of likely N-dealkylation sites (tertiary alicyclic amines) is 1. The molecular formula is C18H27N5O2. The van der Waals surface area contributed by atoms with E-state index < -0.39 is 5.60 Å². The molecule has 1 aliphatic rings. The molecule has 3 heterocycles. The molecule has 1 aliphatic heterocycles. The Morgan fingerprint density at radius 1 is 1.40 bits per heavy atom. The van der Waals surface area contributed by atoms with E-state index in [4.69, 9.17) is 4.74 Å². The Kier molecular flexibility index (Phi) is 5.01. The lowest BCUT2D eigenvalue weighted by Crippen LogP contribution is -2.42. The van der Waals surface area contributed by atoms with Crippen molar-refractivity contribution in [3.8, 4) is 0 Å². The van der Waals surface area contributed by atoms with E-state index in [2.05, 4.69) is 15.4 Å². The molecule has 0 unspecified atom stereocenters. The largest absolute Gasteiger partial charge is 0.444 e. The topological polar surface area (TPSA) is 75.2 Å². The molecule has 2 N–H and O–H groups in total. The Hall–Kier alpha value is -2.44. The lowest BCUT2D eigenvalue weighted by molar-refractivity contribution is 0.0185. The number of carbonyl (C=O) groups is 1. The number of hydrogen-bond acceptors (Lipinski definition) is 4. The molecule has 0 atom stereocenters. The fraction of sp³-hybridized carbons (Fsp3) is 0.556. The molecule has 0 aliphatic carbocycles. The molecular weight excluding hydrogens is 318 g/mol. The summed E-state index contributed by atoms with van der Waals surface area (Å²) in [7, 11) is 0. The maximum atomic E-state index is 12.1. The van der Waals surface area contributed by atoms with Gasteiger partial charge >= 0.3 is 6.09 Å². The first-order valence-corrected chi connectivity index (χ1v) is 8.79. The number of aromatic amines is 1. The zero-order chi connectivity index (χ0) is 17.9. The first-order valence-electron chi connectivity index (χ1n) is 8.79. The molecule has 3 rings (SSSR count). The van der Waals surface area contributed by atoms with Crippen LogP contribution in [0.2, 0.25) is 0 Å². The summed E-state index contributed by atoms with van der Waals surface area (Å²) in [4.78, 5) is 17.1. The third kappa shape index (κ3) is 4.78. The van der Waals surface area contributed by atoms with Crippen LogP contribution >= 0.6 is 0 Å². The van der Waals surface area contributed by atoms with Gasteiger partial charge in [0.1, 0.15) is 5.60 Å². The zero-order valence-electron chi connectivity index (χ0n) is 15.2. The number of piperidine rings is 1. The van der Waals surface area contributed by atoms with Crippen LogP contribution in [0.5, 0.6) is 0 Å². The summed E-state index contributed by atoms with van der Waals surface area (Å²) in [5.41, 5.74) is 1.69. The molecule has 1 saturated heterocycles. The van der Waals surface area contributed by atoms with Crippen molar-refractivity contribution in [2.75, 3.05) is 18.4 Å². The van der Waals surface area contributed by atoms with Gasteiger partial charge in [-0.25, -0.2) is 4.79 Å². The monoisotopic (exact) mass is 345 g/mol. The van der Waals surface area contributed by atoms with E-state index in [1.807, 2.05) is 56.2 Å². The van der Waals surface area contributed by atoms with E-state index in [9.17, 15) is 4.79 Å². The Balaban J connectivity index is 1.49. The Morgan fingerprint density at radius 2 is 2.16 bits per heavy atom. The molecule has 7 nitrogen and oxygen atoms in total. The van der Waals surface area contributed by atoms with Crippen molar-refractivity contribution in [3.05, 3.63) is 36.4 Å². The summed E-state index contributed by atoms with van der Waals surface area (Å²) in [6.45, 7) is 7.82. The highest BCUT2D eigenvalue weighted by Gasteiger charge is 2.27. The minimum atomic E-state index is -0.449. The van der Waals surface area contributed by atoms with E-state index >= 15 is 0 Å². The normalized spacial score (nSPS) is 16.0. The average Bonchev–Trinajstić information content (AvgIpc) is 3.23. The summed E-state index contributed by atoms with van der Waals surface area (Å²) in [6.07, 6.45) is 7.35. The standard InChI is InChI=1S/C18H27N5O2/c1-18(2,3)25-17(24)22-9-6-16(7-10-22)23-13-15(12-21-23)20-11-14-5-4-8-19-14/h4-5,8,12-13,16,19-20H,6-7,9-11H2,1-3H3. The van der Waals surface area contributed by atoms with Crippen molar-refractivity contribution in [3.63, 3.8) is 0 Å². The summed E-state index contributed by atoms with van der Waals surface area (Å²) in [6, 6.07) is 4.35. The maximum Gasteiger partial charge on any atom is 0.410 e. The lowest BCUT2D eigenvalue weighted by Gasteiger charge is -2.33. The minimum Gasteiger partial charge on any atom is -0.444 e. The van der Waals surface area contributed by atoms with E-state index in [0.717, 1.165) is 30.8 Å². The Bertz CT molecular complexity index is 679. The highest BCUT2D eigenvalue weighted by atomic mass is 16.6. The van der Waals surface area contributed by atoms with E-state index in [1.165, 1.54) is 0 Å². The number of rotatable bonds is 4. The average molecular weight is 345 g/mol. The van der Waals surface area contributed by atoms with Gasteiger partial charge in [-0.2, -0.15) is 5.10 Å². The van der Waals surface area contributed by atoms with Gasteiger partial charge in [-0.15, -0.1) is 0 Å². The number of H-pyrrole nitrogens is 1. The van der Waals surface area contributed by atoms with Crippen LogP contribution < -0.4 is 5.32 Å². The van der Waals surface area contributed by atoms with Crippen molar-refractivity contribution in [1.82, 2.24) is 19.7 Å². The van der Waals surface area contributed by atoms with E-state index in [0.29, 0.717) is 19.1 Å². The van der Waals surface area contributed by atoms with Crippen LogP contribution in [0.1, 0.15) is 45.3 Å². The number of carbonyl (C=O) groups excluding carboxylic acids is 1. The first kappa shape index (κ1) is 17.4. The van der Waals surface area contributed by atoms with Crippen molar-refractivity contribution in [2.24, 2.45) is 0 Å². The van der Waals surface area contributed by atoms with Gasteiger partial charge in [0.15, 0.2) is 0 Å². The third-order valence-electron chi connectivity index (χ3n) is 4.24. The summed E-state index contributed by atoms with van der Waals surface area (Å²) in [5.74, 6) is 0. The number of nitrogens with one attached hydrogen (secondary N) is 2. The first-order chi connectivity index (χ1) is 11.9. The molecule has 0 spiro atoms. The second-order valence-electron chi connectivity index (χ2n) is 7.46. The van der Waals surface area contributed by atoms with Crippen LogP contribution in [0.25, 0.3) is 0 Å². The van der Waals surface area contributed by atoms with Crippen molar-refractivity contribution in [2.45, 2.75) is 51.8 Å². The number of hydrogen-bond donors (Lipinski definition) is 2. The van der Waals surface area contributed by atoms with E-state index in [1.54, 1.807) is 4.90 Å². The molecule has 0 bridgehead atoms. The van der Waals surface area contributed by atoms with Gasteiger partial charge in [0.25, 0.3) is 0 Å². The molecule has 1 fully saturated rings. The van der Waals surface area contributed by atoms with Gasteiger partial charge in [0, 0.05) is 31.2 Å². The second kappa shape index (κ2) is 7.21. The Morgan fingerprint density at radius 3 is 2.80 bits per heavy atom.